The van der Waals surface area contributed by atoms with Gasteiger partial charge in [0.15, 0.2) is 5.69 Å². The Labute approximate surface area is 147 Å². The minimum atomic E-state index is -0.155. The first-order chi connectivity index (χ1) is 12.3. The van der Waals surface area contributed by atoms with Crippen LogP contribution >= 0.6 is 0 Å². The highest BCUT2D eigenvalue weighted by atomic mass is 16.2. The van der Waals surface area contributed by atoms with Crippen molar-refractivity contribution >= 4 is 11.7 Å². The van der Waals surface area contributed by atoms with Crippen LogP contribution in [0.2, 0.25) is 0 Å². The molecule has 1 amide bonds. The summed E-state index contributed by atoms with van der Waals surface area (Å²) in [4.78, 5) is 16.3. The molecule has 0 spiro atoms. The summed E-state index contributed by atoms with van der Waals surface area (Å²) < 4.78 is 1.83. The highest BCUT2D eigenvalue weighted by Crippen LogP contribution is 2.16. The summed E-state index contributed by atoms with van der Waals surface area (Å²) in [5, 5.41) is 17.6. The Morgan fingerprint density at radius 2 is 2.08 bits per heavy atom. The molecule has 1 aliphatic rings. The molecule has 0 saturated carbocycles. The van der Waals surface area contributed by atoms with Gasteiger partial charge in [0.2, 0.25) is 0 Å². The topological polar surface area (TPSA) is 96.8 Å². The third-order valence-corrected chi connectivity index (χ3v) is 4.29. The van der Waals surface area contributed by atoms with Crippen molar-refractivity contribution in [2.45, 2.75) is 31.7 Å². The summed E-state index contributed by atoms with van der Waals surface area (Å²) in [5.74, 6) is 0.721. The van der Waals surface area contributed by atoms with Crippen LogP contribution in [-0.4, -0.2) is 52.1 Å². The molecule has 3 rings (SSSR count). The normalized spacial score (nSPS) is 15.0. The standard InChI is InChI=1S/C17H25N7O/c25-17(15-13-24(23-22-15)14-6-11-18-12-7-14)21-10-4-3-9-20-16-5-1-2-8-19-16/h1-2,5,8,13-14,18H,3-4,6-7,9-12H2,(H,19,20)(H,21,25). The van der Waals surface area contributed by atoms with E-state index < -0.39 is 0 Å². The van der Waals surface area contributed by atoms with Gasteiger partial charge in [-0.2, -0.15) is 0 Å². The minimum absolute atomic E-state index is 0.155. The van der Waals surface area contributed by atoms with E-state index in [0.29, 0.717) is 18.3 Å². The van der Waals surface area contributed by atoms with Crippen LogP contribution in [0.1, 0.15) is 42.2 Å². The van der Waals surface area contributed by atoms with Gasteiger partial charge in [-0.15, -0.1) is 5.10 Å². The van der Waals surface area contributed by atoms with E-state index in [1.165, 1.54) is 0 Å². The Kier molecular flexibility index (Phi) is 6.33. The Balaban J connectivity index is 1.33. The Morgan fingerprint density at radius 3 is 2.88 bits per heavy atom. The smallest absolute Gasteiger partial charge is 0.273 e. The summed E-state index contributed by atoms with van der Waals surface area (Å²) in [6.07, 6.45) is 7.42. The predicted octanol–water partition coefficient (Wildman–Crippen LogP) is 1.22. The largest absolute Gasteiger partial charge is 0.370 e. The summed E-state index contributed by atoms with van der Waals surface area (Å²) in [6.45, 7) is 3.43. The monoisotopic (exact) mass is 343 g/mol. The third-order valence-electron chi connectivity index (χ3n) is 4.29. The average Bonchev–Trinajstić information content (AvgIpc) is 3.16. The summed E-state index contributed by atoms with van der Waals surface area (Å²) in [7, 11) is 0. The van der Waals surface area contributed by atoms with Crippen LogP contribution in [0.15, 0.2) is 30.6 Å². The number of piperidine rings is 1. The molecule has 0 aliphatic carbocycles. The molecule has 1 aliphatic heterocycles. The molecule has 2 aromatic rings. The second kappa shape index (κ2) is 9.12. The number of hydrogen-bond acceptors (Lipinski definition) is 6. The number of anilines is 1. The van der Waals surface area contributed by atoms with E-state index >= 15 is 0 Å². The number of pyridine rings is 1. The zero-order valence-corrected chi connectivity index (χ0v) is 14.3. The SMILES string of the molecule is O=C(NCCCCNc1ccccn1)c1cn(C2CCNCC2)nn1. The van der Waals surface area contributed by atoms with Crippen molar-refractivity contribution < 1.29 is 4.79 Å². The van der Waals surface area contributed by atoms with Crippen molar-refractivity contribution in [3.05, 3.63) is 36.3 Å². The van der Waals surface area contributed by atoms with Crippen LogP contribution in [0.5, 0.6) is 0 Å². The first kappa shape index (κ1) is 17.3. The van der Waals surface area contributed by atoms with Crippen molar-refractivity contribution in [3.63, 3.8) is 0 Å². The van der Waals surface area contributed by atoms with E-state index in [2.05, 4.69) is 31.2 Å². The Bertz CT molecular complexity index is 652. The average molecular weight is 343 g/mol. The molecule has 1 saturated heterocycles. The summed E-state index contributed by atoms with van der Waals surface area (Å²) >= 11 is 0. The van der Waals surface area contributed by atoms with Crippen molar-refractivity contribution in [3.8, 4) is 0 Å². The van der Waals surface area contributed by atoms with E-state index in [9.17, 15) is 4.79 Å². The molecule has 0 unspecified atom stereocenters. The maximum absolute atomic E-state index is 12.1. The number of aromatic nitrogens is 4. The fourth-order valence-corrected chi connectivity index (χ4v) is 2.86. The zero-order valence-electron chi connectivity index (χ0n) is 14.3. The Hall–Kier alpha value is -2.48. The second-order valence-electron chi connectivity index (χ2n) is 6.17. The number of carbonyl (C=O) groups excluding carboxylic acids is 1. The molecule has 134 valence electrons. The van der Waals surface area contributed by atoms with Crippen LogP contribution in [0, 0.1) is 0 Å². The molecule has 0 atom stereocenters. The van der Waals surface area contributed by atoms with Crippen molar-refractivity contribution in [1.29, 1.82) is 0 Å². The van der Waals surface area contributed by atoms with E-state index in [1.54, 1.807) is 12.4 Å². The van der Waals surface area contributed by atoms with Gasteiger partial charge in [-0.05, 0) is 50.9 Å². The first-order valence-corrected chi connectivity index (χ1v) is 8.88. The number of rotatable bonds is 8. The lowest BCUT2D eigenvalue weighted by molar-refractivity contribution is 0.0948. The molecule has 3 heterocycles. The number of nitrogens with zero attached hydrogens (tertiary/aromatic N) is 4. The maximum Gasteiger partial charge on any atom is 0.273 e. The molecule has 3 N–H and O–H groups in total. The van der Waals surface area contributed by atoms with E-state index in [-0.39, 0.29) is 5.91 Å². The fraction of sp³-hybridized carbons (Fsp3) is 0.529. The number of amides is 1. The number of carbonyl (C=O) groups is 1. The number of unbranched alkanes of at least 4 members (excludes halogenated alkanes) is 1. The lowest BCUT2D eigenvalue weighted by atomic mass is 10.1. The Morgan fingerprint density at radius 1 is 1.24 bits per heavy atom. The van der Waals surface area contributed by atoms with Gasteiger partial charge in [0.05, 0.1) is 12.2 Å². The number of hydrogen-bond donors (Lipinski definition) is 3. The lowest BCUT2D eigenvalue weighted by Gasteiger charge is -2.22. The van der Waals surface area contributed by atoms with Gasteiger partial charge in [-0.3, -0.25) is 4.79 Å². The molecule has 0 radical (unpaired) electrons. The molecule has 1 fully saturated rings. The van der Waals surface area contributed by atoms with E-state index in [0.717, 1.165) is 51.1 Å². The lowest BCUT2D eigenvalue weighted by Crippen LogP contribution is -2.29. The van der Waals surface area contributed by atoms with Gasteiger partial charge in [-0.1, -0.05) is 11.3 Å². The molecular weight excluding hydrogens is 318 g/mol. The number of nitrogens with one attached hydrogen (secondary N) is 3. The van der Waals surface area contributed by atoms with E-state index in [4.69, 9.17) is 0 Å². The zero-order chi connectivity index (χ0) is 17.3. The van der Waals surface area contributed by atoms with Crippen LogP contribution < -0.4 is 16.0 Å². The van der Waals surface area contributed by atoms with Gasteiger partial charge < -0.3 is 16.0 Å². The summed E-state index contributed by atoms with van der Waals surface area (Å²) in [5.41, 5.74) is 0.394. The van der Waals surface area contributed by atoms with E-state index in [1.807, 2.05) is 22.9 Å². The highest BCUT2D eigenvalue weighted by Gasteiger charge is 2.18. The van der Waals surface area contributed by atoms with Crippen molar-refractivity contribution in [2.75, 3.05) is 31.5 Å². The minimum Gasteiger partial charge on any atom is -0.370 e. The molecule has 8 heteroatoms. The third kappa shape index (κ3) is 5.25. The van der Waals surface area contributed by atoms with Crippen LogP contribution in [0.4, 0.5) is 5.82 Å². The van der Waals surface area contributed by atoms with Crippen molar-refractivity contribution in [2.24, 2.45) is 0 Å². The maximum atomic E-state index is 12.1. The molecule has 2 aromatic heterocycles. The predicted molar refractivity (Wildman–Crippen MR) is 95.5 cm³/mol. The molecule has 0 bridgehead atoms. The van der Waals surface area contributed by atoms with Gasteiger partial charge >= 0.3 is 0 Å². The highest BCUT2D eigenvalue weighted by molar-refractivity contribution is 5.91. The quantitative estimate of drug-likeness (QED) is 0.624. The first-order valence-electron chi connectivity index (χ1n) is 8.88. The van der Waals surface area contributed by atoms with Crippen LogP contribution in [0.3, 0.4) is 0 Å². The second-order valence-corrected chi connectivity index (χ2v) is 6.17. The fourth-order valence-electron chi connectivity index (χ4n) is 2.86. The van der Waals surface area contributed by atoms with Gasteiger partial charge in [-0.25, -0.2) is 9.67 Å². The van der Waals surface area contributed by atoms with Gasteiger partial charge in [0.1, 0.15) is 5.82 Å². The van der Waals surface area contributed by atoms with Gasteiger partial charge in [0, 0.05) is 19.3 Å². The van der Waals surface area contributed by atoms with Crippen molar-refractivity contribution in [1.82, 2.24) is 30.6 Å². The molecule has 25 heavy (non-hydrogen) atoms. The van der Waals surface area contributed by atoms with Gasteiger partial charge in [0.25, 0.3) is 5.91 Å². The molecule has 8 nitrogen and oxygen atoms in total. The van der Waals surface area contributed by atoms with Crippen LogP contribution in [0.25, 0.3) is 0 Å². The molecule has 0 aromatic carbocycles. The summed E-state index contributed by atoms with van der Waals surface area (Å²) in [6, 6.07) is 6.12. The van der Waals surface area contributed by atoms with Crippen LogP contribution in [-0.2, 0) is 0 Å². The molecular formula is C17H25N7O.